The second-order valence-corrected chi connectivity index (χ2v) is 4.54. The summed E-state index contributed by atoms with van der Waals surface area (Å²) in [5.41, 5.74) is 0. The maximum absolute atomic E-state index is 10.9. The van der Waals surface area contributed by atoms with Crippen LogP contribution in [0, 0.1) is 0 Å². The standard InChI is InChI=1S/C16H28O2/c1-3-4-5-6-7-8-9-10-11-12-13-14-15-16(17)18-2/h3-6H,7-15H2,1-2H3. The summed E-state index contributed by atoms with van der Waals surface area (Å²) in [6.45, 7) is 2.03. The quantitative estimate of drug-likeness (QED) is 0.300. The molecule has 104 valence electrons. The number of ether oxygens (including phenoxy) is 1. The highest BCUT2D eigenvalue weighted by atomic mass is 16.5. The van der Waals surface area contributed by atoms with Gasteiger partial charge in [0.05, 0.1) is 7.11 Å². The molecule has 0 aromatic heterocycles. The van der Waals surface area contributed by atoms with Gasteiger partial charge in [0.25, 0.3) is 0 Å². The summed E-state index contributed by atoms with van der Waals surface area (Å²) < 4.78 is 4.60. The Kier molecular flexibility index (Phi) is 13.2. The fraction of sp³-hybridized carbons (Fsp3) is 0.688. The van der Waals surface area contributed by atoms with Gasteiger partial charge >= 0.3 is 5.97 Å². The molecule has 0 radical (unpaired) electrons. The van der Waals surface area contributed by atoms with Crippen LogP contribution in [0.25, 0.3) is 0 Å². The van der Waals surface area contributed by atoms with E-state index in [1.807, 2.05) is 13.0 Å². The molecule has 0 atom stereocenters. The van der Waals surface area contributed by atoms with Crippen LogP contribution in [0.15, 0.2) is 24.3 Å². The molecule has 0 fully saturated rings. The first kappa shape index (κ1) is 16.9. The van der Waals surface area contributed by atoms with Gasteiger partial charge < -0.3 is 4.74 Å². The van der Waals surface area contributed by atoms with E-state index in [1.165, 1.54) is 45.6 Å². The molecule has 2 heteroatoms. The lowest BCUT2D eigenvalue weighted by Gasteiger charge is -2.01. The molecule has 0 aliphatic carbocycles. The van der Waals surface area contributed by atoms with Crippen LogP contribution in [0.5, 0.6) is 0 Å². The molecule has 0 amide bonds. The molecule has 0 rings (SSSR count). The molecule has 0 aliphatic heterocycles. The Balaban J connectivity index is 3.10. The van der Waals surface area contributed by atoms with Gasteiger partial charge in [0, 0.05) is 6.42 Å². The Morgan fingerprint density at radius 3 is 2.17 bits per heavy atom. The van der Waals surface area contributed by atoms with Crippen LogP contribution in [0.1, 0.15) is 64.7 Å². The number of allylic oxidation sites excluding steroid dienone is 4. The van der Waals surface area contributed by atoms with E-state index < -0.39 is 0 Å². The van der Waals surface area contributed by atoms with Crippen molar-refractivity contribution in [3.63, 3.8) is 0 Å². The molecule has 0 saturated carbocycles. The number of esters is 1. The highest BCUT2D eigenvalue weighted by molar-refractivity contribution is 5.68. The summed E-state index contributed by atoms with van der Waals surface area (Å²) in [6, 6.07) is 0. The van der Waals surface area contributed by atoms with E-state index in [0.717, 1.165) is 12.8 Å². The van der Waals surface area contributed by atoms with Crippen LogP contribution in [-0.2, 0) is 9.53 Å². The van der Waals surface area contributed by atoms with E-state index >= 15 is 0 Å². The highest BCUT2D eigenvalue weighted by Crippen LogP contribution is 2.10. The highest BCUT2D eigenvalue weighted by Gasteiger charge is 1.98. The zero-order valence-electron chi connectivity index (χ0n) is 12.0. The minimum absolute atomic E-state index is 0.0806. The average molecular weight is 252 g/mol. The first-order valence-corrected chi connectivity index (χ1v) is 7.16. The van der Waals surface area contributed by atoms with Gasteiger partial charge in [-0.3, -0.25) is 4.79 Å². The number of rotatable bonds is 11. The van der Waals surface area contributed by atoms with Gasteiger partial charge in [-0.1, -0.05) is 56.4 Å². The minimum atomic E-state index is -0.0806. The first-order valence-electron chi connectivity index (χ1n) is 7.16. The van der Waals surface area contributed by atoms with Crippen molar-refractivity contribution in [3.05, 3.63) is 24.3 Å². The summed E-state index contributed by atoms with van der Waals surface area (Å²) in [4.78, 5) is 10.9. The Morgan fingerprint density at radius 2 is 1.56 bits per heavy atom. The van der Waals surface area contributed by atoms with Crippen molar-refractivity contribution >= 4 is 5.97 Å². The number of carbonyl (C=O) groups excluding carboxylic acids is 1. The Morgan fingerprint density at radius 1 is 0.944 bits per heavy atom. The number of unbranched alkanes of at least 4 members (excludes halogenated alkanes) is 7. The van der Waals surface area contributed by atoms with Gasteiger partial charge in [0.15, 0.2) is 0 Å². The minimum Gasteiger partial charge on any atom is -0.469 e. The topological polar surface area (TPSA) is 26.3 Å². The van der Waals surface area contributed by atoms with Crippen LogP contribution in [0.4, 0.5) is 0 Å². The van der Waals surface area contributed by atoms with Gasteiger partial charge in [0.2, 0.25) is 0 Å². The molecule has 0 unspecified atom stereocenters. The normalized spacial score (nSPS) is 11.4. The van der Waals surface area contributed by atoms with Crippen LogP contribution in [0.2, 0.25) is 0 Å². The van der Waals surface area contributed by atoms with Crippen LogP contribution in [0.3, 0.4) is 0 Å². The number of methoxy groups -OCH3 is 1. The summed E-state index contributed by atoms with van der Waals surface area (Å²) in [7, 11) is 1.45. The third-order valence-corrected chi connectivity index (χ3v) is 2.92. The number of hydrogen-bond donors (Lipinski definition) is 0. The maximum atomic E-state index is 10.9. The molecule has 0 aromatic carbocycles. The Bertz CT molecular complexity index is 241. The fourth-order valence-electron chi connectivity index (χ4n) is 1.80. The van der Waals surface area contributed by atoms with Crippen molar-refractivity contribution in [2.24, 2.45) is 0 Å². The molecular formula is C16H28O2. The van der Waals surface area contributed by atoms with Crippen molar-refractivity contribution in [1.29, 1.82) is 0 Å². The van der Waals surface area contributed by atoms with Crippen molar-refractivity contribution in [1.82, 2.24) is 0 Å². The van der Waals surface area contributed by atoms with Crippen LogP contribution in [-0.4, -0.2) is 13.1 Å². The molecule has 0 aliphatic rings. The molecule has 0 saturated heterocycles. The second kappa shape index (κ2) is 14.0. The van der Waals surface area contributed by atoms with E-state index in [4.69, 9.17) is 0 Å². The van der Waals surface area contributed by atoms with Gasteiger partial charge in [0.1, 0.15) is 0 Å². The SMILES string of the molecule is CC=CC=CCCCCCCCCCC(=O)OC. The molecular weight excluding hydrogens is 224 g/mol. The lowest BCUT2D eigenvalue weighted by Crippen LogP contribution is -1.99. The van der Waals surface area contributed by atoms with Crippen molar-refractivity contribution in [2.45, 2.75) is 64.7 Å². The molecule has 0 bridgehead atoms. The van der Waals surface area contributed by atoms with Gasteiger partial charge in [-0.2, -0.15) is 0 Å². The van der Waals surface area contributed by atoms with E-state index in [9.17, 15) is 4.79 Å². The van der Waals surface area contributed by atoms with E-state index in [-0.39, 0.29) is 5.97 Å². The van der Waals surface area contributed by atoms with Gasteiger partial charge in [-0.05, 0) is 26.2 Å². The fourth-order valence-corrected chi connectivity index (χ4v) is 1.80. The third kappa shape index (κ3) is 13.0. The largest absolute Gasteiger partial charge is 0.469 e. The first-order chi connectivity index (χ1) is 8.81. The van der Waals surface area contributed by atoms with Gasteiger partial charge in [-0.25, -0.2) is 0 Å². The molecule has 2 nitrogen and oxygen atoms in total. The van der Waals surface area contributed by atoms with Crippen molar-refractivity contribution in [3.8, 4) is 0 Å². The summed E-state index contributed by atoms with van der Waals surface area (Å²) in [6.07, 6.45) is 18.8. The zero-order chi connectivity index (χ0) is 13.5. The molecule has 0 spiro atoms. The van der Waals surface area contributed by atoms with Crippen molar-refractivity contribution < 1.29 is 9.53 Å². The van der Waals surface area contributed by atoms with E-state index in [0.29, 0.717) is 6.42 Å². The zero-order valence-corrected chi connectivity index (χ0v) is 12.0. The van der Waals surface area contributed by atoms with E-state index in [1.54, 1.807) is 0 Å². The van der Waals surface area contributed by atoms with Crippen LogP contribution >= 0.6 is 0 Å². The average Bonchev–Trinajstić information content (AvgIpc) is 2.39. The smallest absolute Gasteiger partial charge is 0.305 e. The molecule has 18 heavy (non-hydrogen) atoms. The monoisotopic (exact) mass is 252 g/mol. The Labute approximate surface area is 112 Å². The third-order valence-electron chi connectivity index (χ3n) is 2.92. The summed E-state index contributed by atoms with van der Waals surface area (Å²) in [5, 5.41) is 0. The molecule has 0 aromatic rings. The van der Waals surface area contributed by atoms with Crippen LogP contribution < -0.4 is 0 Å². The molecule has 0 N–H and O–H groups in total. The number of hydrogen-bond acceptors (Lipinski definition) is 2. The lowest BCUT2D eigenvalue weighted by molar-refractivity contribution is -0.140. The van der Waals surface area contributed by atoms with Gasteiger partial charge in [-0.15, -0.1) is 0 Å². The predicted molar refractivity (Wildman–Crippen MR) is 77.5 cm³/mol. The second-order valence-electron chi connectivity index (χ2n) is 4.54. The summed E-state index contributed by atoms with van der Waals surface area (Å²) in [5.74, 6) is -0.0806. The van der Waals surface area contributed by atoms with Crippen molar-refractivity contribution in [2.75, 3.05) is 7.11 Å². The number of carbonyl (C=O) groups is 1. The maximum Gasteiger partial charge on any atom is 0.305 e. The molecule has 0 heterocycles. The lowest BCUT2D eigenvalue weighted by atomic mass is 10.1. The van der Waals surface area contributed by atoms with E-state index in [2.05, 4.69) is 23.0 Å². The predicted octanol–water partition coefficient (Wildman–Crippen LogP) is 4.80. The summed E-state index contributed by atoms with van der Waals surface area (Å²) >= 11 is 0. The Hall–Kier alpha value is -1.05.